The summed E-state index contributed by atoms with van der Waals surface area (Å²) in [4.78, 5) is 13.5. The molecule has 0 radical (unpaired) electrons. The van der Waals surface area contributed by atoms with E-state index in [1.54, 1.807) is 10.9 Å². The number of hydrogen-bond acceptors (Lipinski definition) is 2. The Balaban J connectivity index is 1.95. The van der Waals surface area contributed by atoms with E-state index in [2.05, 4.69) is 42.1 Å². The van der Waals surface area contributed by atoms with Crippen LogP contribution in [0.2, 0.25) is 0 Å². The Morgan fingerprint density at radius 2 is 2.00 bits per heavy atom. The van der Waals surface area contributed by atoms with Gasteiger partial charge in [0, 0.05) is 24.0 Å². The quantitative estimate of drug-likeness (QED) is 0.635. The highest BCUT2D eigenvalue weighted by atomic mass is 16.1. The monoisotopic (exact) mass is 369 g/mol. The van der Waals surface area contributed by atoms with Gasteiger partial charge in [-0.25, -0.2) is 0 Å². The van der Waals surface area contributed by atoms with E-state index in [9.17, 15) is 4.79 Å². The van der Waals surface area contributed by atoms with Crippen molar-refractivity contribution in [2.75, 3.05) is 0 Å². The van der Waals surface area contributed by atoms with E-state index in [1.165, 1.54) is 0 Å². The molecule has 4 nitrogen and oxygen atoms in total. The zero-order valence-corrected chi connectivity index (χ0v) is 16.5. The number of hydrogen-bond donors (Lipinski definition) is 0. The lowest BCUT2D eigenvalue weighted by atomic mass is 10.0. The van der Waals surface area contributed by atoms with Gasteiger partial charge in [0.15, 0.2) is 0 Å². The minimum atomic E-state index is -0.0000383. The Bertz CT molecular complexity index is 1240. The number of aromatic nitrogens is 3. The first-order chi connectivity index (χ1) is 13.6. The van der Waals surface area contributed by atoms with E-state index in [1.807, 2.05) is 42.8 Å². The molecule has 0 N–H and O–H groups in total. The predicted molar refractivity (Wildman–Crippen MR) is 114 cm³/mol. The molecule has 0 amide bonds. The molecule has 0 aliphatic heterocycles. The van der Waals surface area contributed by atoms with Gasteiger partial charge in [0.2, 0.25) is 0 Å². The molecular weight excluding hydrogens is 346 g/mol. The fraction of sp³-hybridized carbons (Fsp3) is 0.250. The number of pyridine rings is 1. The highest BCUT2D eigenvalue weighted by molar-refractivity contribution is 5.89. The van der Waals surface area contributed by atoms with E-state index < -0.39 is 0 Å². The number of benzene rings is 1. The number of aryl methyl sites for hydroxylation is 2. The number of rotatable bonds is 2. The number of allylic oxidation sites excluding steroid dienone is 4. The van der Waals surface area contributed by atoms with Gasteiger partial charge in [0.25, 0.3) is 5.56 Å². The van der Waals surface area contributed by atoms with Crippen LogP contribution in [-0.4, -0.2) is 14.3 Å². The molecule has 28 heavy (non-hydrogen) atoms. The SMILES string of the molecule is CCc1cc2cccc(C#Cc3cnn(C)c3C)c2c(=O)n1C1=CCCC=C1. The van der Waals surface area contributed by atoms with Crippen LogP contribution in [0.1, 0.15) is 42.3 Å². The van der Waals surface area contributed by atoms with Crippen LogP contribution in [0.5, 0.6) is 0 Å². The second-order valence-corrected chi connectivity index (χ2v) is 7.03. The summed E-state index contributed by atoms with van der Waals surface area (Å²) in [5, 5.41) is 5.85. The fourth-order valence-corrected chi connectivity index (χ4v) is 3.58. The van der Waals surface area contributed by atoms with Crippen molar-refractivity contribution in [1.82, 2.24) is 14.3 Å². The van der Waals surface area contributed by atoms with Crippen molar-refractivity contribution in [3.05, 3.63) is 81.6 Å². The Kier molecular flexibility index (Phi) is 4.75. The zero-order chi connectivity index (χ0) is 19.7. The molecule has 4 heteroatoms. The highest BCUT2D eigenvalue weighted by Crippen LogP contribution is 2.21. The van der Waals surface area contributed by atoms with Gasteiger partial charge in [-0.3, -0.25) is 14.0 Å². The molecule has 140 valence electrons. The Hall–Kier alpha value is -3.32. The molecule has 4 rings (SSSR count). The molecule has 1 aliphatic rings. The molecule has 1 aromatic carbocycles. The summed E-state index contributed by atoms with van der Waals surface area (Å²) in [5.41, 5.74) is 4.62. The second-order valence-electron chi connectivity index (χ2n) is 7.03. The minimum absolute atomic E-state index is 0.0000383. The summed E-state index contributed by atoms with van der Waals surface area (Å²) < 4.78 is 3.65. The molecule has 0 saturated carbocycles. The van der Waals surface area contributed by atoms with Crippen LogP contribution in [0.25, 0.3) is 16.5 Å². The Morgan fingerprint density at radius 1 is 1.18 bits per heavy atom. The predicted octanol–water partition coefficient (Wildman–Crippen LogP) is 4.20. The maximum absolute atomic E-state index is 13.5. The van der Waals surface area contributed by atoms with Crippen molar-refractivity contribution in [2.24, 2.45) is 7.05 Å². The van der Waals surface area contributed by atoms with Gasteiger partial charge >= 0.3 is 0 Å². The number of nitrogens with zero attached hydrogens (tertiary/aromatic N) is 3. The first-order valence-electron chi connectivity index (χ1n) is 9.65. The first kappa shape index (κ1) is 18.1. The molecule has 0 saturated heterocycles. The standard InChI is InChI=1S/C24H23N3O/c1-4-21-15-19-10-8-9-18(13-14-20-16-25-26(3)17(20)2)23(19)24(28)27(21)22-11-6-5-7-12-22/h6,8-12,15-16H,4-5,7H2,1-3H3. The molecule has 0 atom stereocenters. The largest absolute Gasteiger partial charge is 0.281 e. The first-order valence-corrected chi connectivity index (χ1v) is 9.65. The third kappa shape index (κ3) is 3.10. The maximum atomic E-state index is 13.5. The van der Waals surface area contributed by atoms with Crippen LogP contribution < -0.4 is 5.56 Å². The van der Waals surface area contributed by atoms with Crippen molar-refractivity contribution < 1.29 is 0 Å². The normalized spacial score (nSPS) is 13.3. The average molecular weight is 369 g/mol. The highest BCUT2D eigenvalue weighted by Gasteiger charge is 2.14. The topological polar surface area (TPSA) is 39.8 Å². The van der Waals surface area contributed by atoms with Crippen molar-refractivity contribution in [3.63, 3.8) is 0 Å². The smallest absolute Gasteiger partial charge is 0.264 e. The summed E-state index contributed by atoms with van der Waals surface area (Å²) >= 11 is 0. The van der Waals surface area contributed by atoms with Crippen molar-refractivity contribution in [3.8, 4) is 11.8 Å². The minimum Gasteiger partial charge on any atom is -0.281 e. The summed E-state index contributed by atoms with van der Waals surface area (Å²) in [7, 11) is 1.90. The third-order valence-corrected chi connectivity index (χ3v) is 5.29. The van der Waals surface area contributed by atoms with E-state index in [4.69, 9.17) is 0 Å². The van der Waals surface area contributed by atoms with Crippen molar-refractivity contribution >= 4 is 16.5 Å². The summed E-state index contributed by atoms with van der Waals surface area (Å²) in [6.07, 6.45) is 10.8. The Labute approximate surface area is 164 Å². The van der Waals surface area contributed by atoms with Gasteiger partial charge in [0.05, 0.1) is 22.8 Å². The van der Waals surface area contributed by atoms with E-state index >= 15 is 0 Å². The van der Waals surface area contributed by atoms with E-state index in [0.29, 0.717) is 5.39 Å². The molecular formula is C24H23N3O. The number of fused-ring (bicyclic) bond motifs is 1. The molecule has 0 fully saturated rings. The molecule has 0 bridgehead atoms. The van der Waals surface area contributed by atoms with Crippen LogP contribution in [0.15, 0.2) is 53.5 Å². The van der Waals surface area contributed by atoms with Gasteiger partial charge < -0.3 is 0 Å². The van der Waals surface area contributed by atoms with Crippen LogP contribution in [-0.2, 0) is 13.5 Å². The Morgan fingerprint density at radius 3 is 2.68 bits per heavy atom. The molecule has 1 aliphatic carbocycles. The van der Waals surface area contributed by atoms with Gasteiger partial charge in [-0.15, -0.1) is 0 Å². The zero-order valence-electron chi connectivity index (χ0n) is 16.5. The van der Waals surface area contributed by atoms with Gasteiger partial charge in [-0.05, 0) is 49.8 Å². The van der Waals surface area contributed by atoms with Crippen molar-refractivity contribution in [1.29, 1.82) is 0 Å². The lowest BCUT2D eigenvalue weighted by Gasteiger charge is -2.16. The molecule has 2 aromatic heterocycles. The molecule has 0 unspecified atom stereocenters. The maximum Gasteiger partial charge on any atom is 0.264 e. The van der Waals surface area contributed by atoms with E-state index in [0.717, 1.165) is 52.9 Å². The van der Waals surface area contributed by atoms with Crippen LogP contribution >= 0.6 is 0 Å². The molecule has 2 heterocycles. The van der Waals surface area contributed by atoms with Crippen LogP contribution in [0, 0.1) is 18.8 Å². The summed E-state index contributed by atoms with van der Waals surface area (Å²) in [5.74, 6) is 6.40. The van der Waals surface area contributed by atoms with Crippen molar-refractivity contribution in [2.45, 2.75) is 33.1 Å². The molecule has 3 aromatic rings. The fourth-order valence-electron chi connectivity index (χ4n) is 3.58. The summed E-state index contributed by atoms with van der Waals surface area (Å²) in [6.45, 7) is 4.07. The third-order valence-electron chi connectivity index (χ3n) is 5.29. The van der Waals surface area contributed by atoms with Crippen LogP contribution in [0.3, 0.4) is 0 Å². The average Bonchev–Trinajstić information content (AvgIpc) is 3.04. The lowest BCUT2D eigenvalue weighted by molar-refractivity contribution is 0.740. The van der Waals surface area contributed by atoms with Gasteiger partial charge in [-0.1, -0.05) is 43.0 Å². The van der Waals surface area contributed by atoms with Crippen LogP contribution in [0.4, 0.5) is 0 Å². The van der Waals surface area contributed by atoms with Gasteiger partial charge in [0.1, 0.15) is 0 Å². The lowest BCUT2D eigenvalue weighted by Crippen LogP contribution is -2.23. The second kappa shape index (κ2) is 7.36. The summed E-state index contributed by atoms with van der Waals surface area (Å²) in [6, 6.07) is 7.99. The van der Waals surface area contributed by atoms with E-state index in [-0.39, 0.29) is 5.56 Å². The van der Waals surface area contributed by atoms with Gasteiger partial charge in [-0.2, -0.15) is 5.10 Å². The molecule has 0 spiro atoms.